The monoisotopic (exact) mass is 248 g/mol. The summed E-state index contributed by atoms with van der Waals surface area (Å²) in [6, 6.07) is 7.39. The molecule has 17 heavy (non-hydrogen) atoms. The topological polar surface area (TPSA) is 45.2 Å². The molecule has 0 aliphatic rings. The van der Waals surface area contributed by atoms with Crippen molar-refractivity contribution in [3.63, 3.8) is 0 Å². The van der Waals surface area contributed by atoms with Crippen molar-refractivity contribution in [2.45, 2.75) is 26.4 Å². The molecule has 2 N–H and O–H groups in total. The lowest BCUT2D eigenvalue weighted by molar-refractivity contribution is 0.464. The van der Waals surface area contributed by atoms with E-state index in [2.05, 4.69) is 17.2 Å². The second kappa shape index (κ2) is 5.80. The molecule has 0 aliphatic heterocycles. The van der Waals surface area contributed by atoms with Crippen molar-refractivity contribution < 1.29 is 5.11 Å². The van der Waals surface area contributed by atoms with Crippen LogP contribution < -0.4 is 5.32 Å². The van der Waals surface area contributed by atoms with Crippen LogP contribution in [0.2, 0.25) is 0 Å². The molecule has 0 radical (unpaired) electrons. The summed E-state index contributed by atoms with van der Waals surface area (Å²) in [5.74, 6) is 0.346. The highest BCUT2D eigenvalue weighted by molar-refractivity contribution is 7.11. The SMILES string of the molecule is CCc1ncc(CNCc2ccccc2O)s1. The molecule has 0 fully saturated rings. The van der Waals surface area contributed by atoms with E-state index in [1.807, 2.05) is 24.4 Å². The number of aromatic nitrogens is 1. The zero-order valence-electron chi connectivity index (χ0n) is 9.81. The second-order valence-corrected chi connectivity index (χ2v) is 5.01. The van der Waals surface area contributed by atoms with E-state index in [9.17, 15) is 5.11 Å². The van der Waals surface area contributed by atoms with Crippen molar-refractivity contribution in [2.24, 2.45) is 0 Å². The normalized spacial score (nSPS) is 10.6. The highest BCUT2D eigenvalue weighted by Crippen LogP contribution is 2.16. The molecule has 0 bridgehead atoms. The number of benzene rings is 1. The number of hydrogen-bond acceptors (Lipinski definition) is 4. The highest BCUT2D eigenvalue weighted by atomic mass is 32.1. The summed E-state index contributed by atoms with van der Waals surface area (Å²) in [7, 11) is 0. The second-order valence-electron chi connectivity index (χ2n) is 3.81. The van der Waals surface area contributed by atoms with Gasteiger partial charge in [0.25, 0.3) is 0 Å². The molecule has 2 rings (SSSR count). The van der Waals surface area contributed by atoms with Crippen molar-refractivity contribution in [3.8, 4) is 5.75 Å². The average molecular weight is 248 g/mol. The molecule has 90 valence electrons. The molecule has 3 nitrogen and oxygen atoms in total. The Hall–Kier alpha value is -1.39. The van der Waals surface area contributed by atoms with E-state index >= 15 is 0 Å². The molecule has 0 atom stereocenters. The Bertz CT molecular complexity index is 482. The summed E-state index contributed by atoms with van der Waals surface area (Å²) in [6.45, 7) is 3.58. The molecular weight excluding hydrogens is 232 g/mol. The summed E-state index contributed by atoms with van der Waals surface area (Å²) in [5, 5.41) is 14.1. The van der Waals surface area contributed by atoms with Gasteiger partial charge in [0.1, 0.15) is 5.75 Å². The fourth-order valence-corrected chi connectivity index (χ4v) is 2.41. The lowest BCUT2D eigenvalue weighted by atomic mass is 10.2. The maximum absolute atomic E-state index is 9.60. The standard InChI is InChI=1S/C13H16N2OS/c1-2-13-15-9-11(17-13)8-14-7-10-5-3-4-6-12(10)16/h3-6,9,14,16H,2,7-8H2,1H3. The average Bonchev–Trinajstić information content (AvgIpc) is 2.80. The lowest BCUT2D eigenvalue weighted by Gasteiger charge is -2.04. The maximum Gasteiger partial charge on any atom is 0.120 e. The molecule has 1 aromatic carbocycles. The van der Waals surface area contributed by atoms with Crippen molar-refractivity contribution in [1.29, 1.82) is 0 Å². The van der Waals surface area contributed by atoms with E-state index < -0.39 is 0 Å². The van der Waals surface area contributed by atoms with E-state index in [1.165, 1.54) is 9.88 Å². The number of aryl methyl sites for hydroxylation is 1. The van der Waals surface area contributed by atoms with Crippen LogP contribution in [0.25, 0.3) is 0 Å². The summed E-state index contributed by atoms with van der Waals surface area (Å²) in [4.78, 5) is 5.54. The van der Waals surface area contributed by atoms with Crippen molar-refractivity contribution in [1.82, 2.24) is 10.3 Å². The van der Waals surface area contributed by atoms with Crippen LogP contribution in [-0.2, 0) is 19.5 Å². The number of rotatable bonds is 5. The molecule has 4 heteroatoms. The predicted molar refractivity (Wildman–Crippen MR) is 70.1 cm³/mol. The summed E-state index contributed by atoms with van der Waals surface area (Å²) in [6.07, 6.45) is 2.91. The molecule has 0 saturated heterocycles. The summed E-state index contributed by atoms with van der Waals surface area (Å²) in [5.41, 5.74) is 0.924. The number of aromatic hydroxyl groups is 1. The number of phenols is 1. The van der Waals surface area contributed by atoms with Gasteiger partial charge in [0.2, 0.25) is 0 Å². The first-order chi connectivity index (χ1) is 8.29. The third kappa shape index (κ3) is 3.28. The van der Waals surface area contributed by atoms with Crippen LogP contribution in [-0.4, -0.2) is 10.1 Å². The maximum atomic E-state index is 9.60. The molecule has 0 aliphatic carbocycles. The van der Waals surface area contributed by atoms with Crippen molar-refractivity contribution in [3.05, 3.63) is 45.9 Å². The van der Waals surface area contributed by atoms with Gasteiger partial charge in [-0.25, -0.2) is 4.98 Å². The Morgan fingerprint density at radius 3 is 2.82 bits per heavy atom. The zero-order valence-corrected chi connectivity index (χ0v) is 10.6. The van der Waals surface area contributed by atoms with Crippen LogP contribution in [0.5, 0.6) is 5.75 Å². The van der Waals surface area contributed by atoms with E-state index in [-0.39, 0.29) is 0 Å². The van der Waals surface area contributed by atoms with Gasteiger partial charge in [-0.15, -0.1) is 11.3 Å². The fourth-order valence-electron chi connectivity index (χ4n) is 1.57. The van der Waals surface area contributed by atoms with Crippen LogP contribution in [0.15, 0.2) is 30.5 Å². The molecule has 0 unspecified atom stereocenters. The first-order valence-electron chi connectivity index (χ1n) is 5.70. The molecule has 0 saturated carbocycles. The van der Waals surface area contributed by atoms with Crippen LogP contribution in [0.3, 0.4) is 0 Å². The molecule has 0 spiro atoms. The minimum absolute atomic E-state index is 0.346. The van der Waals surface area contributed by atoms with Gasteiger partial charge in [0, 0.05) is 29.7 Å². The van der Waals surface area contributed by atoms with Gasteiger partial charge in [0.05, 0.1) is 5.01 Å². The van der Waals surface area contributed by atoms with Crippen molar-refractivity contribution >= 4 is 11.3 Å². The minimum Gasteiger partial charge on any atom is -0.508 e. The number of nitrogens with one attached hydrogen (secondary N) is 1. The minimum atomic E-state index is 0.346. The van der Waals surface area contributed by atoms with Crippen molar-refractivity contribution in [2.75, 3.05) is 0 Å². The molecule has 0 amide bonds. The Labute approximate surface area is 105 Å². The molecular formula is C13H16N2OS. The van der Waals surface area contributed by atoms with Gasteiger partial charge in [0.15, 0.2) is 0 Å². The fraction of sp³-hybridized carbons (Fsp3) is 0.308. The van der Waals surface area contributed by atoms with E-state index in [0.29, 0.717) is 12.3 Å². The van der Waals surface area contributed by atoms with E-state index in [1.54, 1.807) is 17.4 Å². The third-order valence-electron chi connectivity index (χ3n) is 2.51. The third-order valence-corrected chi connectivity index (χ3v) is 3.65. The van der Waals surface area contributed by atoms with Crippen LogP contribution in [0.4, 0.5) is 0 Å². The first kappa shape index (κ1) is 12.1. The van der Waals surface area contributed by atoms with Crippen LogP contribution in [0.1, 0.15) is 22.4 Å². The van der Waals surface area contributed by atoms with Crippen LogP contribution >= 0.6 is 11.3 Å². The number of phenolic OH excluding ortho intramolecular Hbond substituents is 1. The largest absolute Gasteiger partial charge is 0.508 e. The lowest BCUT2D eigenvalue weighted by Crippen LogP contribution is -2.11. The number of hydrogen-bond donors (Lipinski definition) is 2. The quantitative estimate of drug-likeness (QED) is 0.855. The van der Waals surface area contributed by atoms with Gasteiger partial charge < -0.3 is 10.4 Å². The smallest absolute Gasteiger partial charge is 0.120 e. The Balaban J connectivity index is 1.85. The molecule has 1 aromatic heterocycles. The molecule has 1 heterocycles. The summed E-state index contributed by atoms with van der Waals surface area (Å²) < 4.78 is 0. The molecule has 2 aromatic rings. The number of para-hydroxylation sites is 1. The van der Waals surface area contributed by atoms with Crippen LogP contribution in [0, 0.1) is 0 Å². The van der Waals surface area contributed by atoms with Gasteiger partial charge in [-0.1, -0.05) is 25.1 Å². The summed E-state index contributed by atoms with van der Waals surface area (Å²) >= 11 is 1.74. The Morgan fingerprint density at radius 1 is 1.29 bits per heavy atom. The predicted octanol–water partition coefficient (Wildman–Crippen LogP) is 2.70. The highest BCUT2D eigenvalue weighted by Gasteiger charge is 2.01. The van der Waals surface area contributed by atoms with Gasteiger partial charge in [-0.2, -0.15) is 0 Å². The van der Waals surface area contributed by atoms with Gasteiger partial charge in [-0.05, 0) is 12.5 Å². The van der Waals surface area contributed by atoms with Gasteiger partial charge in [-0.3, -0.25) is 0 Å². The van der Waals surface area contributed by atoms with E-state index in [4.69, 9.17) is 0 Å². The zero-order chi connectivity index (χ0) is 12.1. The first-order valence-corrected chi connectivity index (χ1v) is 6.52. The number of nitrogens with zero attached hydrogens (tertiary/aromatic N) is 1. The van der Waals surface area contributed by atoms with E-state index in [0.717, 1.165) is 18.5 Å². The van der Waals surface area contributed by atoms with Gasteiger partial charge >= 0.3 is 0 Å². The number of thiazole rings is 1. The Morgan fingerprint density at radius 2 is 2.12 bits per heavy atom. The Kier molecular flexibility index (Phi) is 4.12.